The third-order valence-electron chi connectivity index (χ3n) is 7.07. The second kappa shape index (κ2) is 16.0. The summed E-state index contributed by atoms with van der Waals surface area (Å²) < 4.78 is 30.7. The van der Waals surface area contributed by atoms with Gasteiger partial charge in [0.1, 0.15) is 11.5 Å². The molecule has 4 aromatic carbocycles. The Bertz CT molecular complexity index is 1520. The fourth-order valence-corrected chi connectivity index (χ4v) is 5.83. The predicted octanol–water partition coefficient (Wildman–Crippen LogP) is 6.36. The van der Waals surface area contributed by atoms with Gasteiger partial charge in [-0.2, -0.15) is 0 Å². The molecule has 5 rings (SSSR count). The summed E-state index contributed by atoms with van der Waals surface area (Å²) in [6.45, 7) is 2.24. The van der Waals surface area contributed by atoms with Crippen molar-refractivity contribution in [2.45, 2.75) is 43.4 Å². The Morgan fingerprint density at radius 1 is 0.600 bits per heavy atom. The van der Waals surface area contributed by atoms with Crippen LogP contribution in [0, 0.1) is 0 Å². The van der Waals surface area contributed by atoms with Crippen LogP contribution in [0.1, 0.15) is 43.6 Å². The van der Waals surface area contributed by atoms with Gasteiger partial charge in [-0.25, -0.2) is 14.4 Å². The van der Waals surface area contributed by atoms with Crippen LogP contribution in [0.4, 0.5) is 0 Å². The molecule has 0 unspecified atom stereocenters. The highest BCUT2D eigenvalue weighted by molar-refractivity contribution is 7.99. The van der Waals surface area contributed by atoms with Gasteiger partial charge in [-0.1, -0.05) is 91.9 Å². The predicted molar refractivity (Wildman–Crippen MR) is 170 cm³/mol. The Morgan fingerprint density at radius 2 is 1.02 bits per heavy atom. The van der Waals surface area contributed by atoms with Gasteiger partial charge in [-0.05, 0) is 47.7 Å². The zero-order valence-corrected chi connectivity index (χ0v) is 25.5. The Kier molecular flexibility index (Phi) is 11.4. The van der Waals surface area contributed by atoms with E-state index in [0.717, 1.165) is 5.56 Å². The van der Waals surface area contributed by atoms with Crippen molar-refractivity contribution >= 4 is 29.7 Å². The Morgan fingerprint density at radius 3 is 1.49 bits per heavy atom. The van der Waals surface area contributed by atoms with Gasteiger partial charge >= 0.3 is 17.9 Å². The highest BCUT2D eigenvalue weighted by Gasteiger charge is 2.52. The largest absolute Gasteiger partial charge is 0.452 e. The maximum absolute atomic E-state index is 13.5. The number of carbonyl (C=O) groups excluding carboxylic acids is 3. The van der Waals surface area contributed by atoms with Crippen molar-refractivity contribution in [3.8, 4) is 0 Å². The Balaban J connectivity index is 1.50. The average molecular weight is 627 g/mol. The van der Waals surface area contributed by atoms with E-state index in [-0.39, 0.29) is 13.2 Å². The number of esters is 3. The average Bonchev–Trinajstić information content (AvgIpc) is 3.09. The SMILES string of the molecule is CCS[C@H]1O[C@H](COCc2ccccc2)[C@@H](OC(=O)c2ccccc2)[C@H](OC(=O)c2ccccc2)[C@@H]1OC(=O)c1ccccc1. The van der Waals surface area contributed by atoms with E-state index < -0.39 is 47.8 Å². The maximum Gasteiger partial charge on any atom is 0.338 e. The fraction of sp³-hybridized carbons (Fsp3) is 0.250. The van der Waals surface area contributed by atoms with Crippen LogP contribution < -0.4 is 0 Å². The van der Waals surface area contributed by atoms with Crippen molar-refractivity contribution < 1.29 is 38.1 Å². The van der Waals surface area contributed by atoms with Gasteiger partial charge < -0.3 is 23.7 Å². The second-order valence-electron chi connectivity index (χ2n) is 10.2. The smallest absolute Gasteiger partial charge is 0.338 e. The highest BCUT2D eigenvalue weighted by atomic mass is 32.2. The first-order chi connectivity index (χ1) is 22.0. The molecule has 45 heavy (non-hydrogen) atoms. The fourth-order valence-electron chi connectivity index (χ4n) is 4.88. The van der Waals surface area contributed by atoms with Crippen LogP contribution in [0.2, 0.25) is 0 Å². The summed E-state index contributed by atoms with van der Waals surface area (Å²) in [5.74, 6) is -1.32. The van der Waals surface area contributed by atoms with Gasteiger partial charge in [0.25, 0.3) is 0 Å². The minimum atomic E-state index is -1.22. The molecule has 1 aliphatic rings. The zero-order chi connectivity index (χ0) is 31.4. The van der Waals surface area contributed by atoms with Gasteiger partial charge in [0.2, 0.25) is 0 Å². The lowest BCUT2D eigenvalue weighted by molar-refractivity contribution is -0.211. The lowest BCUT2D eigenvalue weighted by Gasteiger charge is -2.44. The number of carbonyl (C=O) groups is 3. The summed E-state index contributed by atoms with van der Waals surface area (Å²) in [5, 5.41) is 0. The van der Waals surface area contributed by atoms with E-state index in [1.807, 2.05) is 37.3 Å². The molecule has 1 fully saturated rings. The summed E-state index contributed by atoms with van der Waals surface area (Å²) in [4.78, 5) is 40.3. The van der Waals surface area contributed by atoms with E-state index in [1.54, 1.807) is 91.0 Å². The van der Waals surface area contributed by atoms with Crippen LogP contribution in [0.5, 0.6) is 0 Å². The van der Waals surface area contributed by atoms with E-state index in [9.17, 15) is 14.4 Å². The van der Waals surface area contributed by atoms with Crippen LogP contribution in [-0.2, 0) is 30.3 Å². The van der Waals surface area contributed by atoms with Crippen LogP contribution in [0.25, 0.3) is 0 Å². The number of thioether (sulfide) groups is 1. The molecule has 0 N–H and O–H groups in total. The number of benzene rings is 4. The summed E-state index contributed by atoms with van der Waals surface area (Å²) in [5.41, 5.74) is 1.11. The van der Waals surface area contributed by atoms with Gasteiger partial charge in [0.05, 0.1) is 29.9 Å². The summed E-state index contributed by atoms with van der Waals surface area (Å²) in [6, 6.07) is 35.1. The summed E-state index contributed by atoms with van der Waals surface area (Å²) >= 11 is 1.39. The van der Waals surface area contributed by atoms with Crippen molar-refractivity contribution in [2.75, 3.05) is 12.4 Å². The molecule has 1 saturated heterocycles. The van der Waals surface area contributed by atoms with Crippen LogP contribution in [0.15, 0.2) is 121 Å². The second-order valence-corrected chi connectivity index (χ2v) is 11.6. The Labute approximate surface area is 266 Å². The summed E-state index contributed by atoms with van der Waals surface area (Å²) in [7, 11) is 0. The highest BCUT2D eigenvalue weighted by Crippen LogP contribution is 2.35. The van der Waals surface area contributed by atoms with Crippen molar-refractivity contribution in [1.29, 1.82) is 0 Å². The van der Waals surface area contributed by atoms with Gasteiger partial charge in [-0.15, -0.1) is 11.8 Å². The van der Waals surface area contributed by atoms with E-state index in [1.165, 1.54) is 11.8 Å². The molecule has 0 spiro atoms. The van der Waals surface area contributed by atoms with E-state index in [4.69, 9.17) is 23.7 Å². The van der Waals surface area contributed by atoms with Gasteiger partial charge in [0.15, 0.2) is 18.3 Å². The minimum Gasteiger partial charge on any atom is -0.452 e. The standard InChI is InChI=1S/C36H34O8S/c1-2-45-36-32(44-35(39)28-21-13-6-14-22-28)31(43-34(38)27-19-11-5-12-20-27)30(42-33(37)26-17-9-4-10-18-26)29(41-36)24-40-23-25-15-7-3-8-16-25/h3-22,29-32,36H,2,23-24H2,1H3/t29-,30-,31+,32+,36-/m1/s1. The van der Waals surface area contributed by atoms with Crippen LogP contribution >= 0.6 is 11.8 Å². The molecule has 1 heterocycles. The monoisotopic (exact) mass is 626 g/mol. The van der Waals surface area contributed by atoms with E-state index in [2.05, 4.69) is 0 Å². The molecule has 4 aromatic rings. The maximum atomic E-state index is 13.5. The zero-order valence-electron chi connectivity index (χ0n) is 24.7. The molecular formula is C36H34O8S. The topological polar surface area (TPSA) is 97.4 Å². The number of rotatable bonds is 12. The minimum absolute atomic E-state index is 0.0150. The molecule has 0 bridgehead atoms. The molecule has 8 nitrogen and oxygen atoms in total. The molecule has 9 heteroatoms. The first-order valence-electron chi connectivity index (χ1n) is 14.7. The number of ether oxygens (including phenoxy) is 5. The summed E-state index contributed by atoms with van der Waals surface area (Å²) in [6.07, 6.45) is -4.37. The third-order valence-corrected chi connectivity index (χ3v) is 8.11. The van der Waals surface area contributed by atoms with Crippen LogP contribution in [0.3, 0.4) is 0 Å². The van der Waals surface area contributed by atoms with Crippen molar-refractivity contribution in [3.05, 3.63) is 144 Å². The molecule has 0 radical (unpaired) electrons. The first kappa shape index (κ1) is 32.0. The van der Waals surface area contributed by atoms with Crippen LogP contribution in [-0.4, -0.2) is 60.1 Å². The van der Waals surface area contributed by atoms with Crippen molar-refractivity contribution in [1.82, 2.24) is 0 Å². The van der Waals surface area contributed by atoms with E-state index >= 15 is 0 Å². The number of hydrogen-bond acceptors (Lipinski definition) is 9. The molecule has 0 aliphatic carbocycles. The quantitative estimate of drug-likeness (QED) is 0.131. The van der Waals surface area contributed by atoms with E-state index in [0.29, 0.717) is 22.4 Å². The van der Waals surface area contributed by atoms with Gasteiger partial charge in [0, 0.05) is 0 Å². The molecular weight excluding hydrogens is 592 g/mol. The van der Waals surface area contributed by atoms with Crippen molar-refractivity contribution in [2.24, 2.45) is 0 Å². The van der Waals surface area contributed by atoms with Gasteiger partial charge in [-0.3, -0.25) is 0 Å². The lowest BCUT2D eigenvalue weighted by Crippen LogP contribution is -2.61. The molecule has 0 aromatic heterocycles. The first-order valence-corrected chi connectivity index (χ1v) is 15.7. The van der Waals surface area contributed by atoms with Crippen molar-refractivity contribution in [3.63, 3.8) is 0 Å². The molecule has 0 saturated carbocycles. The lowest BCUT2D eigenvalue weighted by atomic mass is 9.98. The third kappa shape index (κ3) is 8.60. The number of hydrogen-bond donors (Lipinski definition) is 0. The molecule has 0 amide bonds. The molecule has 232 valence electrons. The Hall–Kier alpha value is -4.44. The normalized spacial score (nSPS) is 21.0. The molecule has 1 aliphatic heterocycles. The molecule has 5 atom stereocenters.